The number of hydrogen-bond donors (Lipinski definition) is 1. The predicted octanol–water partition coefficient (Wildman–Crippen LogP) is 1.50. The first-order valence-electron chi connectivity index (χ1n) is 6.78. The molecule has 1 aliphatic rings. The highest BCUT2D eigenvalue weighted by Crippen LogP contribution is 2.26. The van der Waals surface area contributed by atoms with Crippen LogP contribution in [-0.2, 0) is 19.0 Å². The second-order valence-electron chi connectivity index (χ2n) is 6.76. The van der Waals surface area contributed by atoms with E-state index in [0.717, 1.165) is 19.6 Å². The molecule has 2 rings (SSSR count). The van der Waals surface area contributed by atoms with Crippen molar-refractivity contribution in [3.8, 4) is 0 Å². The van der Waals surface area contributed by atoms with Gasteiger partial charge >= 0.3 is 0 Å². The molecule has 2 atom stereocenters. The highest BCUT2D eigenvalue weighted by molar-refractivity contribution is 5.24. The zero-order valence-corrected chi connectivity index (χ0v) is 12.3. The molecule has 0 aromatic carbocycles. The standard InChI is InChI=1S/C14H26N4/c1-10-6-18(9-12(10)15)8-11-7-17(5)16-13(11)14(2,3)4/h7,10,12H,6,8-9,15H2,1-5H3. The summed E-state index contributed by atoms with van der Waals surface area (Å²) in [6, 6.07) is 0.319. The van der Waals surface area contributed by atoms with Crippen molar-refractivity contribution in [3.05, 3.63) is 17.5 Å². The maximum absolute atomic E-state index is 6.09. The lowest BCUT2D eigenvalue weighted by molar-refractivity contribution is 0.316. The van der Waals surface area contributed by atoms with Crippen molar-refractivity contribution in [3.63, 3.8) is 0 Å². The van der Waals surface area contributed by atoms with E-state index in [-0.39, 0.29) is 5.41 Å². The van der Waals surface area contributed by atoms with Crippen LogP contribution in [0.4, 0.5) is 0 Å². The Bertz CT molecular complexity index is 406. The Morgan fingerprint density at radius 3 is 2.56 bits per heavy atom. The van der Waals surface area contributed by atoms with Crippen molar-refractivity contribution < 1.29 is 0 Å². The summed E-state index contributed by atoms with van der Waals surface area (Å²) in [5, 5.41) is 4.62. The summed E-state index contributed by atoms with van der Waals surface area (Å²) in [4.78, 5) is 2.45. The fourth-order valence-electron chi connectivity index (χ4n) is 2.75. The molecule has 0 saturated carbocycles. The Kier molecular flexibility index (Phi) is 3.52. The third kappa shape index (κ3) is 2.75. The molecule has 0 amide bonds. The van der Waals surface area contributed by atoms with Gasteiger partial charge in [-0.25, -0.2) is 0 Å². The lowest BCUT2D eigenvalue weighted by Crippen LogP contribution is -2.28. The van der Waals surface area contributed by atoms with Crippen LogP contribution in [0.3, 0.4) is 0 Å². The van der Waals surface area contributed by atoms with Crippen molar-refractivity contribution >= 4 is 0 Å². The Balaban J connectivity index is 2.15. The highest BCUT2D eigenvalue weighted by atomic mass is 15.3. The monoisotopic (exact) mass is 250 g/mol. The third-order valence-corrected chi connectivity index (χ3v) is 3.76. The number of likely N-dealkylation sites (tertiary alicyclic amines) is 1. The zero-order valence-electron chi connectivity index (χ0n) is 12.3. The van der Waals surface area contributed by atoms with Crippen LogP contribution in [0.2, 0.25) is 0 Å². The van der Waals surface area contributed by atoms with Gasteiger partial charge in [0, 0.05) is 49.9 Å². The average molecular weight is 250 g/mol. The van der Waals surface area contributed by atoms with E-state index >= 15 is 0 Å². The van der Waals surface area contributed by atoms with Crippen LogP contribution in [0.25, 0.3) is 0 Å². The molecule has 0 aliphatic carbocycles. The lowest BCUT2D eigenvalue weighted by atomic mass is 9.89. The maximum Gasteiger partial charge on any atom is 0.0722 e. The molecule has 2 N–H and O–H groups in total. The van der Waals surface area contributed by atoms with E-state index in [1.165, 1.54) is 11.3 Å². The number of aryl methyl sites for hydroxylation is 1. The molecule has 4 nitrogen and oxygen atoms in total. The second kappa shape index (κ2) is 4.67. The molecule has 0 bridgehead atoms. The molecule has 0 radical (unpaired) electrons. The van der Waals surface area contributed by atoms with Gasteiger partial charge in [0.2, 0.25) is 0 Å². The van der Waals surface area contributed by atoms with Crippen LogP contribution in [0.15, 0.2) is 6.20 Å². The molecule has 1 aromatic heterocycles. The van der Waals surface area contributed by atoms with Gasteiger partial charge in [0.1, 0.15) is 0 Å². The molecule has 4 heteroatoms. The summed E-state index contributed by atoms with van der Waals surface area (Å²) in [5.74, 6) is 0.597. The van der Waals surface area contributed by atoms with Crippen molar-refractivity contribution in [2.24, 2.45) is 18.7 Å². The van der Waals surface area contributed by atoms with Crippen molar-refractivity contribution in [2.75, 3.05) is 13.1 Å². The highest BCUT2D eigenvalue weighted by Gasteiger charge is 2.29. The summed E-state index contributed by atoms with van der Waals surface area (Å²) < 4.78 is 1.93. The van der Waals surface area contributed by atoms with Gasteiger partial charge in [0.15, 0.2) is 0 Å². The van der Waals surface area contributed by atoms with Crippen LogP contribution in [0.5, 0.6) is 0 Å². The summed E-state index contributed by atoms with van der Waals surface area (Å²) in [5.41, 5.74) is 8.74. The molecule has 1 aliphatic heterocycles. The van der Waals surface area contributed by atoms with Gasteiger partial charge < -0.3 is 5.73 Å². The first-order chi connectivity index (χ1) is 8.27. The van der Waals surface area contributed by atoms with Gasteiger partial charge in [0.25, 0.3) is 0 Å². The molecule has 0 spiro atoms. The molecule has 1 fully saturated rings. The molecule has 1 aromatic rings. The lowest BCUT2D eigenvalue weighted by Gasteiger charge is -2.20. The Morgan fingerprint density at radius 2 is 2.06 bits per heavy atom. The van der Waals surface area contributed by atoms with E-state index in [1.807, 2.05) is 11.7 Å². The van der Waals surface area contributed by atoms with E-state index < -0.39 is 0 Å². The Morgan fingerprint density at radius 1 is 1.39 bits per heavy atom. The minimum Gasteiger partial charge on any atom is -0.326 e. The number of nitrogens with two attached hydrogens (primary N) is 1. The second-order valence-corrected chi connectivity index (χ2v) is 6.76. The van der Waals surface area contributed by atoms with Gasteiger partial charge in [-0.3, -0.25) is 9.58 Å². The Labute approximate surface area is 110 Å². The van der Waals surface area contributed by atoms with E-state index in [9.17, 15) is 0 Å². The van der Waals surface area contributed by atoms with Gasteiger partial charge in [0.05, 0.1) is 5.69 Å². The van der Waals surface area contributed by atoms with Crippen molar-refractivity contribution in [1.29, 1.82) is 0 Å². The van der Waals surface area contributed by atoms with Gasteiger partial charge in [-0.05, 0) is 5.92 Å². The molecule has 2 unspecified atom stereocenters. The smallest absolute Gasteiger partial charge is 0.0722 e. The maximum atomic E-state index is 6.09. The number of aromatic nitrogens is 2. The first-order valence-corrected chi connectivity index (χ1v) is 6.78. The summed E-state index contributed by atoms with van der Waals surface area (Å²) in [6.07, 6.45) is 2.15. The van der Waals surface area contributed by atoms with Crippen LogP contribution in [0, 0.1) is 5.92 Å². The van der Waals surface area contributed by atoms with Gasteiger partial charge in [-0.15, -0.1) is 0 Å². The summed E-state index contributed by atoms with van der Waals surface area (Å²) >= 11 is 0. The third-order valence-electron chi connectivity index (χ3n) is 3.76. The molecule has 18 heavy (non-hydrogen) atoms. The minimum atomic E-state index is 0.101. The molecule has 2 heterocycles. The van der Waals surface area contributed by atoms with E-state index in [1.54, 1.807) is 0 Å². The number of nitrogens with zero attached hydrogens (tertiary/aromatic N) is 3. The Hall–Kier alpha value is -0.870. The fraction of sp³-hybridized carbons (Fsp3) is 0.786. The SMILES string of the molecule is CC1CN(Cc2cn(C)nc2C(C)(C)C)CC1N. The summed E-state index contributed by atoms with van der Waals surface area (Å²) in [6.45, 7) is 12.0. The van der Waals surface area contributed by atoms with Crippen LogP contribution >= 0.6 is 0 Å². The first kappa shape index (κ1) is 13.6. The molecular formula is C14H26N4. The van der Waals surface area contributed by atoms with Crippen LogP contribution in [0.1, 0.15) is 39.0 Å². The quantitative estimate of drug-likeness (QED) is 0.865. The number of rotatable bonds is 2. The van der Waals surface area contributed by atoms with Crippen LogP contribution in [-0.4, -0.2) is 33.8 Å². The minimum absolute atomic E-state index is 0.101. The van der Waals surface area contributed by atoms with E-state index in [0.29, 0.717) is 12.0 Å². The predicted molar refractivity (Wildman–Crippen MR) is 74.3 cm³/mol. The normalized spacial score (nSPS) is 25.9. The fourth-order valence-corrected chi connectivity index (χ4v) is 2.75. The van der Waals surface area contributed by atoms with Gasteiger partial charge in [-0.1, -0.05) is 27.7 Å². The van der Waals surface area contributed by atoms with Crippen molar-refractivity contribution in [1.82, 2.24) is 14.7 Å². The average Bonchev–Trinajstić information content (AvgIpc) is 2.71. The summed E-state index contributed by atoms with van der Waals surface area (Å²) in [7, 11) is 2.00. The van der Waals surface area contributed by atoms with E-state index in [4.69, 9.17) is 5.73 Å². The topological polar surface area (TPSA) is 47.1 Å². The van der Waals surface area contributed by atoms with Crippen molar-refractivity contribution in [2.45, 2.75) is 45.7 Å². The van der Waals surface area contributed by atoms with Gasteiger partial charge in [-0.2, -0.15) is 5.10 Å². The van der Waals surface area contributed by atoms with Crippen LogP contribution < -0.4 is 5.73 Å². The zero-order chi connectivity index (χ0) is 13.5. The molecular weight excluding hydrogens is 224 g/mol. The number of hydrogen-bond acceptors (Lipinski definition) is 3. The molecule has 102 valence electrons. The molecule has 1 saturated heterocycles. The van der Waals surface area contributed by atoms with E-state index in [2.05, 4.69) is 43.9 Å². The largest absolute Gasteiger partial charge is 0.326 e.